The molecule has 1 aromatic carbocycles. The summed E-state index contributed by atoms with van der Waals surface area (Å²) in [5, 5.41) is 20.3. The first-order valence-corrected chi connectivity index (χ1v) is 8.14. The van der Waals surface area contributed by atoms with Crippen LogP contribution in [0.5, 0.6) is 0 Å². The summed E-state index contributed by atoms with van der Waals surface area (Å²) in [6.07, 6.45) is 7.03. The van der Waals surface area contributed by atoms with Gasteiger partial charge in [-0.2, -0.15) is 5.26 Å². The van der Waals surface area contributed by atoms with Crippen LogP contribution in [0.15, 0.2) is 48.1 Å². The van der Waals surface area contributed by atoms with Crippen LogP contribution >= 0.6 is 0 Å². The summed E-state index contributed by atoms with van der Waals surface area (Å²) >= 11 is 0. The number of likely N-dealkylation sites (N-methyl/N-ethyl adjacent to an activating group) is 1. The van der Waals surface area contributed by atoms with E-state index in [-0.39, 0.29) is 17.9 Å². The lowest BCUT2D eigenvalue weighted by atomic mass is 9.84. The van der Waals surface area contributed by atoms with Gasteiger partial charge >= 0.3 is 6.03 Å². The van der Waals surface area contributed by atoms with E-state index in [2.05, 4.69) is 23.5 Å². The maximum Gasteiger partial charge on any atom is 0.328 e. The number of urea groups is 1. The van der Waals surface area contributed by atoms with Crippen molar-refractivity contribution in [2.24, 2.45) is 0 Å². The van der Waals surface area contributed by atoms with E-state index in [1.54, 1.807) is 25.1 Å². The lowest BCUT2D eigenvalue weighted by Crippen LogP contribution is -2.70. The first-order chi connectivity index (χ1) is 11.9. The Morgan fingerprint density at radius 3 is 2.88 bits per heavy atom. The van der Waals surface area contributed by atoms with E-state index in [0.717, 1.165) is 17.6 Å². The minimum atomic E-state index is -0.789. The Bertz CT molecular complexity index is 834. The van der Waals surface area contributed by atoms with Crippen LogP contribution in [0.1, 0.15) is 30.4 Å². The van der Waals surface area contributed by atoms with Gasteiger partial charge in [0.25, 0.3) is 0 Å². The average Bonchev–Trinajstić information content (AvgIpc) is 2.65. The maximum absolute atomic E-state index is 12.4. The summed E-state index contributed by atoms with van der Waals surface area (Å²) < 4.78 is 0. The van der Waals surface area contributed by atoms with Crippen molar-refractivity contribution in [1.82, 2.24) is 15.1 Å². The van der Waals surface area contributed by atoms with Crippen molar-refractivity contribution in [2.75, 3.05) is 14.1 Å². The third-order valence-electron chi connectivity index (χ3n) is 5.02. The topological polar surface area (TPSA) is 83.2 Å². The molecule has 1 aliphatic heterocycles. The van der Waals surface area contributed by atoms with Gasteiger partial charge in [-0.1, -0.05) is 30.4 Å². The molecule has 2 unspecified atom stereocenters. The zero-order valence-electron chi connectivity index (χ0n) is 14.6. The molecule has 2 amide bonds. The van der Waals surface area contributed by atoms with Crippen molar-refractivity contribution >= 4 is 12.0 Å². The average molecular weight is 335 g/mol. The number of nitrogens with one attached hydrogen (secondary N) is 2. The van der Waals surface area contributed by atoms with Crippen molar-refractivity contribution < 1.29 is 4.79 Å². The monoisotopic (exact) mass is 335 g/mol. The van der Waals surface area contributed by atoms with Gasteiger partial charge in [0, 0.05) is 20.0 Å². The molecule has 0 spiro atoms. The molecule has 1 saturated heterocycles. The number of benzene rings is 1. The molecule has 3 rings (SSSR count). The number of hydrogen-bond donors (Lipinski definition) is 2. The molecule has 1 aliphatic carbocycles. The molecule has 2 aliphatic rings. The molecule has 25 heavy (non-hydrogen) atoms. The molecule has 2 N–H and O–H groups in total. The first-order valence-electron chi connectivity index (χ1n) is 8.14. The summed E-state index contributed by atoms with van der Waals surface area (Å²) in [4.78, 5) is 15.3. The molecule has 1 heterocycles. The second-order valence-electron chi connectivity index (χ2n) is 6.55. The van der Waals surface area contributed by atoms with E-state index >= 15 is 0 Å². The molecular formula is C19H21N5O. The Hall–Kier alpha value is -3.07. The van der Waals surface area contributed by atoms with Gasteiger partial charge in [0.2, 0.25) is 5.96 Å². The zero-order valence-corrected chi connectivity index (χ0v) is 14.6. The largest absolute Gasteiger partial charge is 0.329 e. The van der Waals surface area contributed by atoms with Crippen molar-refractivity contribution in [3.05, 3.63) is 59.2 Å². The van der Waals surface area contributed by atoms with Crippen LogP contribution in [0.4, 0.5) is 4.79 Å². The Balaban J connectivity index is 1.97. The highest BCUT2D eigenvalue weighted by molar-refractivity contribution is 5.98. The van der Waals surface area contributed by atoms with Crippen LogP contribution in [0.25, 0.3) is 0 Å². The quantitative estimate of drug-likeness (QED) is 0.872. The Morgan fingerprint density at radius 2 is 2.16 bits per heavy atom. The van der Waals surface area contributed by atoms with Gasteiger partial charge < -0.3 is 10.2 Å². The van der Waals surface area contributed by atoms with Crippen molar-refractivity contribution in [3.8, 4) is 6.07 Å². The molecule has 1 fully saturated rings. The van der Waals surface area contributed by atoms with Crippen LogP contribution in [-0.2, 0) is 0 Å². The molecule has 1 aromatic rings. The number of hydrogen-bond acceptors (Lipinski definition) is 3. The van der Waals surface area contributed by atoms with Gasteiger partial charge in [-0.15, -0.1) is 0 Å². The highest BCUT2D eigenvalue weighted by atomic mass is 16.2. The second kappa shape index (κ2) is 6.10. The van der Waals surface area contributed by atoms with E-state index in [4.69, 9.17) is 10.7 Å². The number of rotatable bonds is 2. The number of guanidine groups is 1. The Labute approximate surface area is 147 Å². The second-order valence-corrected chi connectivity index (χ2v) is 6.55. The molecule has 0 aromatic heterocycles. The first kappa shape index (κ1) is 16.8. The van der Waals surface area contributed by atoms with Gasteiger partial charge in [0.1, 0.15) is 5.66 Å². The van der Waals surface area contributed by atoms with Crippen molar-refractivity contribution in [3.63, 3.8) is 0 Å². The van der Waals surface area contributed by atoms with Gasteiger partial charge in [0.15, 0.2) is 0 Å². The van der Waals surface area contributed by atoms with Crippen LogP contribution in [-0.4, -0.2) is 41.5 Å². The van der Waals surface area contributed by atoms with E-state index in [9.17, 15) is 4.79 Å². The van der Waals surface area contributed by atoms with Gasteiger partial charge in [-0.05, 0) is 36.6 Å². The number of nitrogens with zero attached hydrogens (tertiary/aromatic N) is 3. The van der Waals surface area contributed by atoms with Crippen LogP contribution in [0.3, 0.4) is 0 Å². The van der Waals surface area contributed by atoms with Gasteiger partial charge in [0.05, 0.1) is 11.6 Å². The normalized spacial score (nSPS) is 26.2. The van der Waals surface area contributed by atoms with Crippen LogP contribution < -0.4 is 5.32 Å². The maximum atomic E-state index is 12.4. The van der Waals surface area contributed by atoms with Crippen LogP contribution in [0, 0.1) is 16.7 Å². The minimum Gasteiger partial charge on any atom is -0.329 e. The van der Waals surface area contributed by atoms with Gasteiger partial charge in [-0.3, -0.25) is 10.3 Å². The predicted octanol–water partition coefficient (Wildman–Crippen LogP) is 2.77. The summed E-state index contributed by atoms with van der Waals surface area (Å²) in [6.45, 7) is 1.90. The number of carbonyl (C=O) groups is 1. The Morgan fingerprint density at radius 1 is 1.40 bits per heavy atom. The number of amides is 2. The van der Waals surface area contributed by atoms with Crippen LogP contribution in [0.2, 0.25) is 0 Å². The smallest absolute Gasteiger partial charge is 0.328 e. The fourth-order valence-corrected chi connectivity index (χ4v) is 3.25. The predicted molar refractivity (Wildman–Crippen MR) is 95.9 cm³/mol. The molecule has 2 atom stereocenters. The molecule has 128 valence electrons. The molecule has 6 nitrogen and oxygen atoms in total. The van der Waals surface area contributed by atoms with E-state index < -0.39 is 5.66 Å². The summed E-state index contributed by atoms with van der Waals surface area (Å²) in [5.74, 6) is 0.206. The lowest BCUT2D eigenvalue weighted by molar-refractivity contribution is 0.122. The highest BCUT2D eigenvalue weighted by Gasteiger charge is 2.43. The molecular weight excluding hydrogens is 314 g/mol. The third-order valence-corrected chi connectivity index (χ3v) is 5.02. The van der Waals surface area contributed by atoms with Crippen molar-refractivity contribution in [1.29, 1.82) is 10.7 Å². The fourth-order valence-electron chi connectivity index (χ4n) is 3.25. The van der Waals surface area contributed by atoms with E-state index in [1.165, 1.54) is 4.90 Å². The molecule has 6 heteroatoms. The highest BCUT2D eigenvalue weighted by Crippen LogP contribution is 2.34. The van der Waals surface area contributed by atoms with E-state index in [0.29, 0.717) is 5.56 Å². The summed E-state index contributed by atoms with van der Waals surface area (Å²) in [6, 6.07) is 9.54. The molecule has 0 radical (unpaired) electrons. The Kier molecular flexibility index (Phi) is 4.09. The standard InChI is InChI=1S/C19H21N5O/c1-19(22-17(21)23(2)18(25)24(19)3)16-9-5-8-15(11-16)14-7-4-6-13(10-14)12-20/h4-7,9-11,15H,8H2,1-3H3,(H2,21,22). The summed E-state index contributed by atoms with van der Waals surface area (Å²) in [7, 11) is 3.31. The summed E-state index contributed by atoms with van der Waals surface area (Å²) in [5.41, 5.74) is 1.85. The SMILES string of the molecule is CN1C(=N)NC(C)(C2=CC(c3cccc(C#N)c3)CC=C2)N(C)C1=O. The number of carbonyl (C=O) groups excluding carboxylic acids is 1. The lowest BCUT2D eigenvalue weighted by Gasteiger charge is -2.48. The number of nitriles is 1. The van der Waals surface area contributed by atoms with Gasteiger partial charge in [-0.25, -0.2) is 4.79 Å². The fraction of sp³-hybridized carbons (Fsp3) is 0.316. The minimum absolute atomic E-state index is 0.0773. The third kappa shape index (κ3) is 2.78. The molecule has 0 bridgehead atoms. The zero-order chi connectivity index (χ0) is 18.2. The molecule has 0 saturated carbocycles. The van der Waals surface area contributed by atoms with Crippen molar-refractivity contribution in [2.45, 2.75) is 24.9 Å². The van der Waals surface area contributed by atoms with E-state index in [1.807, 2.05) is 31.2 Å². The number of allylic oxidation sites excluding steroid dienone is 2.